The van der Waals surface area contributed by atoms with Gasteiger partial charge in [-0.05, 0) is 30.5 Å². The molecule has 150 valence electrons. The minimum Gasteiger partial charge on any atom is -0.507 e. The van der Waals surface area contributed by atoms with Crippen molar-refractivity contribution < 1.29 is 19.6 Å². The number of amides is 2. The van der Waals surface area contributed by atoms with Crippen LogP contribution in [-0.2, 0) is 16.0 Å². The normalized spacial score (nSPS) is 13.2. The molecular formula is C20H20N4O5. The zero-order chi connectivity index (χ0) is 20.8. The quantitative estimate of drug-likeness (QED) is 0.441. The topological polar surface area (TPSA) is 125 Å². The van der Waals surface area contributed by atoms with E-state index < -0.39 is 10.8 Å². The molecule has 1 aliphatic rings. The molecule has 3 rings (SSSR count). The number of nitrogens with zero attached hydrogens (tertiary/aromatic N) is 3. The van der Waals surface area contributed by atoms with Gasteiger partial charge in [-0.15, -0.1) is 0 Å². The van der Waals surface area contributed by atoms with Crippen molar-refractivity contribution in [1.82, 2.24) is 5.43 Å². The molecule has 9 heteroatoms. The molecule has 2 aromatic carbocycles. The number of aromatic hydroxyl groups is 1. The number of carbonyl (C=O) groups excluding carboxylic acids is 2. The van der Waals surface area contributed by atoms with Gasteiger partial charge in [-0.3, -0.25) is 19.7 Å². The number of para-hydroxylation sites is 1. The molecule has 0 saturated heterocycles. The molecule has 29 heavy (non-hydrogen) atoms. The van der Waals surface area contributed by atoms with E-state index in [-0.39, 0.29) is 35.7 Å². The number of phenols is 1. The lowest BCUT2D eigenvalue weighted by Gasteiger charge is -2.29. The number of benzene rings is 2. The van der Waals surface area contributed by atoms with Crippen LogP contribution in [0.25, 0.3) is 0 Å². The minimum atomic E-state index is -0.598. The number of hydrazone groups is 1. The van der Waals surface area contributed by atoms with Gasteiger partial charge in [0.2, 0.25) is 11.8 Å². The Morgan fingerprint density at radius 2 is 2.03 bits per heavy atom. The maximum Gasteiger partial charge on any atom is 0.270 e. The molecule has 2 amide bonds. The molecule has 0 radical (unpaired) electrons. The van der Waals surface area contributed by atoms with Crippen LogP contribution in [0.2, 0.25) is 0 Å². The number of rotatable bonds is 6. The largest absolute Gasteiger partial charge is 0.507 e. The number of anilines is 1. The Kier molecular flexibility index (Phi) is 6.18. The third kappa shape index (κ3) is 4.95. The Morgan fingerprint density at radius 1 is 1.24 bits per heavy atom. The number of hydrogen-bond acceptors (Lipinski definition) is 6. The fraction of sp³-hybridized carbons (Fsp3) is 0.250. The summed E-state index contributed by atoms with van der Waals surface area (Å²) < 4.78 is 0. The van der Waals surface area contributed by atoms with Crippen molar-refractivity contribution in [1.29, 1.82) is 0 Å². The van der Waals surface area contributed by atoms with Crippen molar-refractivity contribution in [2.75, 3.05) is 11.4 Å². The number of nitrogens with one attached hydrogen (secondary N) is 1. The molecule has 1 heterocycles. The van der Waals surface area contributed by atoms with Crippen LogP contribution in [0.4, 0.5) is 11.4 Å². The van der Waals surface area contributed by atoms with Crippen LogP contribution in [0.5, 0.6) is 5.75 Å². The van der Waals surface area contributed by atoms with Crippen LogP contribution in [-0.4, -0.2) is 34.6 Å². The first-order valence-corrected chi connectivity index (χ1v) is 9.13. The molecule has 2 N–H and O–H groups in total. The number of nitro groups is 1. The summed E-state index contributed by atoms with van der Waals surface area (Å²) in [7, 11) is 0. The fourth-order valence-corrected chi connectivity index (χ4v) is 3.14. The van der Waals surface area contributed by atoms with Gasteiger partial charge in [0.05, 0.1) is 11.1 Å². The zero-order valence-corrected chi connectivity index (χ0v) is 15.6. The number of non-ortho nitro benzene ring substituents is 1. The Labute approximate surface area is 166 Å². The molecule has 0 bridgehead atoms. The zero-order valence-electron chi connectivity index (χ0n) is 15.6. The van der Waals surface area contributed by atoms with Crippen molar-refractivity contribution in [3.8, 4) is 5.75 Å². The monoisotopic (exact) mass is 396 g/mol. The maximum atomic E-state index is 12.5. The summed E-state index contributed by atoms with van der Waals surface area (Å²) in [6.45, 7) is 0.627. The Hall–Kier alpha value is -3.75. The summed E-state index contributed by atoms with van der Waals surface area (Å²) in [4.78, 5) is 36.4. The average Bonchev–Trinajstić information content (AvgIpc) is 2.72. The maximum absolute atomic E-state index is 12.5. The van der Waals surface area contributed by atoms with Gasteiger partial charge in [-0.1, -0.05) is 18.2 Å². The van der Waals surface area contributed by atoms with E-state index in [0.717, 1.165) is 42.4 Å². The van der Waals surface area contributed by atoms with Crippen LogP contribution >= 0.6 is 0 Å². The van der Waals surface area contributed by atoms with E-state index in [1.807, 2.05) is 24.3 Å². The van der Waals surface area contributed by atoms with Gasteiger partial charge in [0.25, 0.3) is 5.69 Å². The predicted octanol–water partition coefficient (Wildman–Crippen LogP) is 2.51. The van der Waals surface area contributed by atoms with E-state index in [4.69, 9.17) is 0 Å². The average molecular weight is 396 g/mol. The van der Waals surface area contributed by atoms with Gasteiger partial charge < -0.3 is 10.0 Å². The van der Waals surface area contributed by atoms with Crippen LogP contribution in [0.1, 0.15) is 30.4 Å². The number of fused-ring (bicyclic) bond motifs is 1. The first-order valence-electron chi connectivity index (χ1n) is 9.13. The van der Waals surface area contributed by atoms with Gasteiger partial charge in [-0.25, -0.2) is 5.43 Å². The Bertz CT molecular complexity index is 973. The lowest BCUT2D eigenvalue weighted by atomic mass is 10.0. The van der Waals surface area contributed by atoms with E-state index in [1.165, 1.54) is 6.07 Å². The molecular weight excluding hydrogens is 376 g/mol. The predicted molar refractivity (Wildman–Crippen MR) is 107 cm³/mol. The Morgan fingerprint density at radius 3 is 2.83 bits per heavy atom. The van der Waals surface area contributed by atoms with Crippen molar-refractivity contribution in [3.05, 3.63) is 63.7 Å². The van der Waals surface area contributed by atoms with Gasteiger partial charge >= 0.3 is 0 Å². The molecule has 9 nitrogen and oxygen atoms in total. The smallest absolute Gasteiger partial charge is 0.270 e. The summed E-state index contributed by atoms with van der Waals surface area (Å²) in [5.41, 5.74) is 4.17. The standard InChI is InChI=1S/C20H20N4O5/c25-18-8-7-16(24(28)29)12-15(18)13-21-22-19(26)9-10-20(27)23-11-3-5-14-4-1-2-6-17(14)23/h1-2,4,6-8,12-13,25H,3,5,9-11H2,(H,22,26). The van der Waals surface area contributed by atoms with Crippen molar-refractivity contribution >= 4 is 29.4 Å². The third-order valence-corrected chi connectivity index (χ3v) is 4.59. The van der Waals surface area contributed by atoms with E-state index in [2.05, 4.69) is 10.5 Å². The van der Waals surface area contributed by atoms with Gasteiger partial charge in [0.1, 0.15) is 5.75 Å². The summed E-state index contributed by atoms with van der Waals surface area (Å²) in [6.07, 6.45) is 2.92. The molecule has 2 aromatic rings. The van der Waals surface area contributed by atoms with Gasteiger partial charge in [0.15, 0.2) is 0 Å². The highest BCUT2D eigenvalue weighted by molar-refractivity contribution is 5.96. The summed E-state index contributed by atoms with van der Waals surface area (Å²) in [5.74, 6) is -0.801. The lowest BCUT2D eigenvalue weighted by Crippen LogP contribution is -2.36. The van der Waals surface area contributed by atoms with Crippen LogP contribution in [0.15, 0.2) is 47.6 Å². The number of carbonyl (C=O) groups is 2. The second-order valence-electron chi connectivity index (χ2n) is 6.57. The highest BCUT2D eigenvalue weighted by Crippen LogP contribution is 2.27. The number of hydrogen-bond donors (Lipinski definition) is 2. The van der Waals surface area contributed by atoms with E-state index in [0.29, 0.717) is 6.54 Å². The molecule has 0 atom stereocenters. The summed E-state index contributed by atoms with van der Waals surface area (Å²) in [6, 6.07) is 11.2. The summed E-state index contributed by atoms with van der Waals surface area (Å²) in [5, 5.41) is 24.2. The summed E-state index contributed by atoms with van der Waals surface area (Å²) >= 11 is 0. The van der Waals surface area contributed by atoms with E-state index in [9.17, 15) is 24.8 Å². The molecule has 0 saturated carbocycles. The number of nitro benzene ring substituents is 1. The van der Waals surface area contributed by atoms with Crippen molar-refractivity contribution in [3.63, 3.8) is 0 Å². The third-order valence-electron chi connectivity index (χ3n) is 4.59. The molecule has 1 aliphatic heterocycles. The van der Waals surface area contributed by atoms with E-state index >= 15 is 0 Å². The minimum absolute atomic E-state index is 0.0394. The van der Waals surface area contributed by atoms with Crippen LogP contribution in [0.3, 0.4) is 0 Å². The van der Waals surface area contributed by atoms with Crippen molar-refractivity contribution in [2.24, 2.45) is 5.10 Å². The second-order valence-corrected chi connectivity index (χ2v) is 6.57. The van der Waals surface area contributed by atoms with Gasteiger partial charge in [0, 0.05) is 42.8 Å². The molecule has 0 spiro atoms. The van der Waals surface area contributed by atoms with Gasteiger partial charge in [-0.2, -0.15) is 5.10 Å². The highest BCUT2D eigenvalue weighted by Gasteiger charge is 2.22. The van der Waals surface area contributed by atoms with Crippen LogP contribution < -0.4 is 10.3 Å². The lowest BCUT2D eigenvalue weighted by molar-refractivity contribution is -0.384. The SMILES string of the molecule is O=C(CCC(=O)N1CCCc2ccccc21)NN=Cc1cc([N+](=O)[O-])ccc1O. The fourth-order valence-electron chi connectivity index (χ4n) is 3.14. The molecule has 0 unspecified atom stereocenters. The first-order chi connectivity index (χ1) is 14.0. The van der Waals surface area contributed by atoms with E-state index in [1.54, 1.807) is 4.90 Å². The molecule has 0 fully saturated rings. The molecule has 0 aliphatic carbocycles. The van der Waals surface area contributed by atoms with Crippen molar-refractivity contribution in [2.45, 2.75) is 25.7 Å². The second kappa shape index (κ2) is 8.96. The number of phenolic OH excluding ortho intramolecular Hbond substituents is 1. The first kappa shape index (κ1) is 20.0. The van der Waals surface area contributed by atoms with Crippen LogP contribution in [0, 0.1) is 10.1 Å². The highest BCUT2D eigenvalue weighted by atomic mass is 16.6. The number of aryl methyl sites for hydroxylation is 1. The Balaban J connectivity index is 1.53. The molecule has 0 aromatic heterocycles.